The highest BCUT2D eigenvalue weighted by Crippen LogP contribution is 2.19. The number of nitrogens with zero attached hydrogens (tertiary/aromatic N) is 1. The molecule has 0 aliphatic rings. The Balaban J connectivity index is 2.07. The molecule has 0 aliphatic carbocycles. The summed E-state index contributed by atoms with van der Waals surface area (Å²) in [5.74, 6) is 0.570. The van der Waals surface area contributed by atoms with Gasteiger partial charge in [0.1, 0.15) is 5.52 Å². The number of hydrogen-bond acceptors (Lipinski definition) is 4. The van der Waals surface area contributed by atoms with Crippen LogP contribution in [0.25, 0.3) is 11.1 Å². The smallest absolute Gasteiger partial charge is 0.310 e. The molecule has 0 unspecified atom stereocenters. The zero-order valence-electron chi connectivity index (χ0n) is 12.1. The second-order valence-electron chi connectivity index (χ2n) is 4.85. The summed E-state index contributed by atoms with van der Waals surface area (Å²) >= 11 is 0. The normalized spacial score (nSPS) is 10.9. The van der Waals surface area contributed by atoms with Gasteiger partial charge >= 0.3 is 5.97 Å². The SMILES string of the molecule is CCCCCc1nc2cc(CC(=O)OCC)ccc2o1. The lowest BCUT2D eigenvalue weighted by Gasteiger charge is -2.01. The highest BCUT2D eigenvalue weighted by atomic mass is 16.5. The van der Waals surface area contributed by atoms with E-state index in [1.165, 1.54) is 12.8 Å². The molecule has 4 heteroatoms. The number of fused-ring (bicyclic) bond motifs is 1. The number of unbranched alkanes of at least 4 members (excludes halogenated alkanes) is 2. The van der Waals surface area contributed by atoms with Gasteiger partial charge in [-0.2, -0.15) is 0 Å². The Bertz CT molecular complexity index is 574. The third kappa shape index (κ3) is 3.83. The van der Waals surface area contributed by atoms with Gasteiger partial charge in [0.15, 0.2) is 11.5 Å². The van der Waals surface area contributed by atoms with Crippen molar-refractivity contribution in [1.82, 2.24) is 4.98 Å². The fourth-order valence-corrected chi connectivity index (χ4v) is 2.14. The number of aromatic nitrogens is 1. The zero-order chi connectivity index (χ0) is 14.4. The fourth-order valence-electron chi connectivity index (χ4n) is 2.14. The minimum absolute atomic E-state index is 0.210. The van der Waals surface area contributed by atoms with E-state index in [0.717, 1.165) is 35.4 Å². The van der Waals surface area contributed by atoms with Crippen molar-refractivity contribution in [3.8, 4) is 0 Å². The fraction of sp³-hybridized carbons (Fsp3) is 0.500. The summed E-state index contributed by atoms with van der Waals surface area (Å²) in [4.78, 5) is 15.9. The van der Waals surface area contributed by atoms with Gasteiger partial charge in [0.25, 0.3) is 0 Å². The molecule has 0 atom stereocenters. The van der Waals surface area contributed by atoms with Gasteiger partial charge in [-0.25, -0.2) is 4.98 Å². The first kappa shape index (κ1) is 14.6. The second-order valence-corrected chi connectivity index (χ2v) is 4.85. The molecule has 0 bridgehead atoms. The minimum Gasteiger partial charge on any atom is -0.466 e. The van der Waals surface area contributed by atoms with Crippen LogP contribution < -0.4 is 0 Å². The van der Waals surface area contributed by atoms with E-state index >= 15 is 0 Å². The van der Waals surface area contributed by atoms with Crippen molar-refractivity contribution in [2.45, 2.75) is 46.0 Å². The third-order valence-corrected chi connectivity index (χ3v) is 3.14. The maximum Gasteiger partial charge on any atom is 0.310 e. The molecule has 20 heavy (non-hydrogen) atoms. The Morgan fingerprint density at radius 3 is 2.90 bits per heavy atom. The van der Waals surface area contributed by atoms with E-state index in [4.69, 9.17) is 9.15 Å². The van der Waals surface area contributed by atoms with Gasteiger partial charge in [0.05, 0.1) is 13.0 Å². The van der Waals surface area contributed by atoms with Crippen molar-refractivity contribution in [2.75, 3.05) is 6.61 Å². The summed E-state index contributed by atoms with van der Waals surface area (Å²) in [7, 11) is 0. The number of esters is 1. The summed E-state index contributed by atoms with van der Waals surface area (Å²) in [6, 6.07) is 5.67. The molecule has 0 N–H and O–H groups in total. The molecule has 0 saturated heterocycles. The van der Waals surface area contributed by atoms with Gasteiger partial charge in [-0.15, -0.1) is 0 Å². The Hall–Kier alpha value is -1.84. The zero-order valence-corrected chi connectivity index (χ0v) is 12.1. The first-order valence-electron chi connectivity index (χ1n) is 7.27. The molecule has 1 aromatic heterocycles. The number of benzene rings is 1. The Labute approximate surface area is 119 Å². The number of carbonyl (C=O) groups is 1. The van der Waals surface area contributed by atoms with Crippen molar-refractivity contribution < 1.29 is 13.9 Å². The van der Waals surface area contributed by atoms with Crippen molar-refractivity contribution in [3.05, 3.63) is 29.7 Å². The average Bonchev–Trinajstić information content (AvgIpc) is 2.81. The molecule has 2 rings (SSSR count). The molecule has 0 aliphatic heterocycles. The standard InChI is InChI=1S/C16H21NO3/c1-3-5-6-7-15-17-13-10-12(8-9-14(13)20-15)11-16(18)19-4-2/h8-10H,3-7,11H2,1-2H3. The predicted molar refractivity (Wildman–Crippen MR) is 77.6 cm³/mol. The summed E-state index contributed by atoms with van der Waals surface area (Å²) < 4.78 is 10.6. The molecule has 2 aromatic rings. The minimum atomic E-state index is -0.210. The van der Waals surface area contributed by atoms with Crippen LogP contribution in [0.5, 0.6) is 0 Å². The number of carbonyl (C=O) groups excluding carboxylic acids is 1. The number of rotatable bonds is 7. The summed E-state index contributed by atoms with van der Waals surface area (Å²) in [5.41, 5.74) is 2.51. The molecule has 0 amide bonds. The van der Waals surface area contributed by atoms with Crippen LogP contribution in [0, 0.1) is 0 Å². The molecule has 0 radical (unpaired) electrons. The maximum atomic E-state index is 11.5. The molecular formula is C16H21NO3. The van der Waals surface area contributed by atoms with Gasteiger partial charge < -0.3 is 9.15 Å². The molecule has 108 valence electrons. The predicted octanol–water partition coefficient (Wildman–Crippen LogP) is 3.67. The highest BCUT2D eigenvalue weighted by Gasteiger charge is 2.09. The number of aryl methyl sites for hydroxylation is 1. The second kappa shape index (κ2) is 7.08. The molecule has 0 saturated carbocycles. The molecular weight excluding hydrogens is 254 g/mol. The molecule has 4 nitrogen and oxygen atoms in total. The first-order chi connectivity index (χ1) is 9.72. The van der Waals surface area contributed by atoms with E-state index in [-0.39, 0.29) is 12.4 Å². The summed E-state index contributed by atoms with van der Waals surface area (Å²) in [6.45, 7) is 4.39. The van der Waals surface area contributed by atoms with Crippen LogP contribution in [-0.4, -0.2) is 17.6 Å². The van der Waals surface area contributed by atoms with Gasteiger partial charge in [-0.3, -0.25) is 4.79 Å². The summed E-state index contributed by atoms with van der Waals surface area (Å²) in [5, 5.41) is 0. The van der Waals surface area contributed by atoms with Crippen molar-refractivity contribution in [1.29, 1.82) is 0 Å². The van der Waals surface area contributed by atoms with Gasteiger partial charge in [0, 0.05) is 6.42 Å². The van der Waals surface area contributed by atoms with Crippen LogP contribution in [0.1, 0.15) is 44.6 Å². The lowest BCUT2D eigenvalue weighted by Crippen LogP contribution is -2.07. The molecule has 1 heterocycles. The average molecular weight is 275 g/mol. The monoisotopic (exact) mass is 275 g/mol. The Kier molecular flexibility index (Phi) is 5.16. The van der Waals surface area contributed by atoms with E-state index in [9.17, 15) is 4.79 Å². The van der Waals surface area contributed by atoms with Crippen molar-refractivity contribution >= 4 is 17.1 Å². The van der Waals surface area contributed by atoms with Gasteiger partial charge in [0.2, 0.25) is 0 Å². The van der Waals surface area contributed by atoms with Crippen LogP contribution in [0.3, 0.4) is 0 Å². The number of ether oxygens (including phenoxy) is 1. The van der Waals surface area contributed by atoms with Crippen molar-refractivity contribution in [2.24, 2.45) is 0 Å². The van der Waals surface area contributed by atoms with E-state index in [1.54, 1.807) is 6.92 Å². The van der Waals surface area contributed by atoms with Crippen LogP contribution in [0.15, 0.2) is 22.6 Å². The lowest BCUT2D eigenvalue weighted by atomic mass is 10.1. The number of oxazole rings is 1. The molecule has 1 aromatic carbocycles. The highest BCUT2D eigenvalue weighted by molar-refractivity contribution is 5.77. The topological polar surface area (TPSA) is 52.3 Å². The van der Waals surface area contributed by atoms with Crippen molar-refractivity contribution in [3.63, 3.8) is 0 Å². The lowest BCUT2D eigenvalue weighted by molar-refractivity contribution is -0.142. The molecule has 0 fully saturated rings. The number of hydrogen-bond donors (Lipinski definition) is 0. The largest absolute Gasteiger partial charge is 0.466 e. The first-order valence-corrected chi connectivity index (χ1v) is 7.27. The van der Waals surface area contributed by atoms with E-state index in [1.807, 2.05) is 18.2 Å². The van der Waals surface area contributed by atoms with E-state index in [2.05, 4.69) is 11.9 Å². The van der Waals surface area contributed by atoms with Crippen LogP contribution in [0.4, 0.5) is 0 Å². The van der Waals surface area contributed by atoms with Gasteiger partial charge in [-0.1, -0.05) is 25.8 Å². The van der Waals surface area contributed by atoms with E-state index in [0.29, 0.717) is 6.61 Å². The summed E-state index contributed by atoms with van der Waals surface area (Å²) in [6.07, 6.45) is 4.62. The van der Waals surface area contributed by atoms with Crippen LogP contribution in [0.2, 0.25) is 0 Å². The molecule has 0 spiro atoms. The quantitative estimate of drug-likeness (QED) is 0.571. The third-order valence-electron chi connectivity index (χ3n) is 3.14. The van der Waals surface area contributed by atoms with Crippen LogP contribution >= 0.6 is 0 Å². The van der Waals surface area contributed by atoms with E-state index < -0.39 is 0 Å². The maximum absolute atomic E-state index is 11.5. The van der Waals surface area contributed by atoms with Crippen LogP contribution in [-0.2, 0) is 22.4 Å². The van der Waals surface area contributed by atoms with Gasteiger partial charge in [-0.05, 0) is 31.0 Å². The Morgan fingerprint density at radius 1 is 1.30 bits per heavy atom. The Morgan fingerprint density at radius 2 is 2.15 bits per heavy atom.